The average molecular weight is 439 g/mol. The molecule has 8 heteroatoms. The first-order valence-electron chi connectivity index (χ1n) is 11.4. The van der Waals surface area contributed by atoms with Gasteiger partial charge in [0.05, 0.1) is 6.26 Å². The highest BCUT2D eigenvalue weighted by atomic mass is 16.3. The molecular weight excluding hydrogens is 408 g/mol. The van der Waals surface area contributed by atoms with Crippen LogP contribution in [0, 0.1) is 0 Å². The molecule has 4 rings (SSSR count). The molecule has 0 bridgehead atoms. The van der Waals surface area contributed by atoms with Crippen molar-refractivity contribution in [2.45, 2.75) is 57.0 Å². The number of amides is 4. The van der Waals surface area contributed by atoms with Crippen LogP contribution in [-0.2, 0) is 0 Å². The Hall–Kier alpha value is -3.29. The fourth-order valence-corrected chi connectivity index (χ4v) is 4.35. The molecule has 2 heterocycles. The molecule has 2 aliphatic rings. The summed E-state index contributed by atoms with van der Waals surface area (Å²) >= 11 is 0. The Labute approximate surface area is 187 Å². The monoisotopic (exact) mass is 438 g/mol. The minimum absolute atomic E-state index is 0.0154. The number of carbonyl (C=O) groups is 3. The zero-order valence-corrected chi connectivity index (χ0v) is 18.1. The first-order chi connectivity index (χ1) is 15.6. The third-order valence-corrected chi connectivity index (χ3v) is 6.18. The molecule has 1 saturated heterocycles. The lowest BCUT2D eigenvalue weighted by molar-refractivity contribution is 0.0916. The predicted molar refractivity (Wildman–Crippen MR) is 121 cm³/mol. The van der Waals surface area contributed by atoms with E-state index in [1.54, 1.807) is 36.4 Å². The molecule has 3 N–H and O–H groups in total. The van der Waals surface area contributed by atoms with Gasteiger partial charge in [-0.2, -0.15) is 0 Å². The average Bonchev–Trinajstić information content (AvgIpc) is 3.36. The van der Waals surface area contributed by atoms with Crippen LogP contribution in [0.25, 0.3) is 0 Å². The van der Waals surface area contributed by atoms with Gasteiger partial charge in [-0.1, -0.05) is 25.3 Å². The van der Waals surface area contributed by atoms with Gasteiger partial charge in [-0.3, -0.25) is 9.59 Å². The second-order valence-electron chi connectivity index (χ2n) is 8.53. The van der Waals surface area contributed by atoms with Gasteiger partial charge in [0.25, 0.3) is 11.8 Å². The van der Waals surface area contributed by atoms with Gasteiger partial charge >= 0.3 is 6.03 Å². The molecule has 1 saturated carbocycles. The molecule has 1 aliphatic carbocycles. The molecule has 2 fully saturated rings. The molecule has 32 heavy (non-hydrogen) atoms. The molecule has 0 radical (unpaired) electrons. The van der Waals surface area contributed by atoms with Crippen molar-refractivity contribution in [2.24, 2.45) is 0 Å². The number of rotatable bonds is 5. The molecule has 0 spiro atoms. The standard InChI is InChI=1S/C24H30N4O4/c29-22(17-6-4-9-20(16-17)26-23(30)21-10-5-15-32-21)25-19-11-13-28(14-12-19)24(31)27-18-7-2-1-3-8-18/h4-6,9-10,15-16,18-19H,1-3,7-8,11-14H2,(H,25,29)(H,26,30)(H,27,31). The molecule has 8 nitrogen and oxygen atoms in total. The van der Waals surface area contributed by atoms with Crippen molar-refractivity contribution in [3.05, 3.63) is 54.0 Å². The minimum Gasteiger partial charge on any atom is -0.459 e. The van der Waals surface area contributed by atoms with E-state index in [1.807, 2.05) is 4.90 Å². The molecule has 0 atom stereocenters. The number of nitrogens with zero attached hydrogens (tertiary/aromatic N) is 1. The number of furan rings is 1. The fraction of sp³-hybridized carbons (Fsp3) is 0.458. The summed E-state index contributed by atoms with van der Waals surface area (Å²) in [6.07, 6.45) is 8.65. The Morgan fingerprint density at radius 2 is 1.59 bits per heavy atom. The van der Waals surface area contributed by atoms with Gasteiger partial charge in [-0.25, -0.2) is 4.79 Å². The van der Waals surface area contributed by atoms with Crippen molar-refractivity contribution in [1.29, 1.82) is 0 Å². The quantitative estimate of drug-likeness (QED) is 0.661. The topological polar surface area (TPSA) is 104 Å². The van der Waals surface area contributed by atoms with E-state index in [0.717, 1.165) is 25.7 Å². The van der Waals surface area contributed by atoms with Crippen LogP contribution >= 0.6 is 0 Å². The van der Waals surface area contributed by atoms with Gasteiger partial charge in [-0.15, -0.1) is 0 Å². The molecular formula is C24H30N4O4. The summed E-state index contributed by atoms with van der Waals surface area (Å²) < 4.78 is 5.09. The van der Waals surface area contributed by atoms with Crippen molar-refractivity contribution >= 4 is 23.5 Å². The maximum absolute atomic E-state index is 12.7. The van der Waals surface area contributed by atoms with Crippen LogP contribution in [0.3, 0.4) is 0 Å². The lowest BCUT2D eigenvalue weighted by atomic mass is 9.95. The third-order valence-electron chi connectivity index (χ3n) is 6.18. The third kappa shape index (κ3) is 5.69. The van der Waals surface area contributed by atoms with Gasteiger partial charge in [0, 0.05) is 36.4 Å². The number of benzene rings is 1. The van der Waals surface area contributed by atoms with E-state index in [-0.39, 0.29) is 29.6 Å². The van der Waals surface area contributed by atoms with Crippen molar-refractivity contribution in [1.82, 2.24) is 15.5 Å². The number of likely N-dealkylation sites (tertiary alicyclic amines) is 1. The van der Waals surface area contributed by atoms with Gasteiger partial charge in [0.15, 0.2) is 5.76 Å². The van der Waals surface area contributed by atoms with Crippen LogP contribution < -0.4 is 16.0 Å². The zero-order valence-electron chi connectivity index (χ0n) is 18.1. The number of anilines is 1. The second-order valence-corrected chi connectivity index (χ2v) is 8.53. The SMILES string of the molecule is O=C(NC1CCN(C(=O)NC2CCCCC2)CC1)c1cccc(NC(=O)c2ccco2)c1. The summed E-state index contributed by atoms with van der Waals surface area (Å²) in [5, 5.41) is 8.95. The smallest absolute Gasteiger partial charge is 0.317 e. The van der Waals surface area contributed by atoms with Gasteiger partial charge in [0.1, 0.15) is 0 Å². The minimum atomic E-state index is -0.369. The maximum atomic E-state index is 12.7. The number of piperidine rings is 1. The second kappa shape index (κ2) is 10.3. The Morgan fingerprint density at radius 1 is 0.844 bits per heavy atom. The highest BCUT2D eigenvalue weighted by molar-refractivity contribution is 6.03. The Morgan fingerprint density at radius 3 is 2.31 bits per heavy atom. The van der Waals surface area contributed by atoms with Gasteiger partial charge in [-0.05, 0) is 56.0 Å². The Kier molecular flexibility index (Phi) is 7.09. The molecule has 1 aromatic heterocycles. The van der Waals surface area contributed by atoms with Gasteiger partial charge < -0.3 is 25.3 Å². The van der Waals surface area contributed by atoms with Crippen molar-refractivity contribution in [3.8, 4) is 0 Å². The normalized spacial score (nSPS) is 17.6. The molecule has 4 amide bonds. The molecule has 0 unspecified atom stereocenters. The Balaban J connectivity index is 1.25. The van der Waals surface area contributed by atoms with E-state index >= 15 is 0 Å². The van der Waals surface area contributed by atoms with Crippen LogP contribution in [0.4, 0.5) is 10.5 Å². The highest BCUT2D eigenvalue weighted by Gasteiger charge is 2.26. The lowest BCUT2D eigenvalue weighted by Gasteiger charge is -2.34. The fourth-order valence-electron chi connectivity index (χ4n) is 4.35. The number of carbonyl (C=O) groups excluding carboxylic acids is 3. The highest BCUT2D eigenvalue weighted by Crippen LogP contribution is 2.19. The predicted octanol–water partition coefficient (Wildman–Crippen LogP) is 3.77. The molecule has 1 aliphatic heterocycles. The van der Waals surface area contributed by atoms with Crippen molar-refractivity contribution in [3.63, 3.8) is 0 Å². The van der Waals surface area contributed by atoms with E-state index in [0.29, 0.717) is 30.4 Å². The molecule has 170 valence electrons. The van der Waals surface area contributed by atoms with Crippen molar-refractivity contribution < 1.29 is 18.8 Å². The van der Waals surface area contributed by atoms with E-state index in [4.69, 9.17) is 4.42 Å². The van der Waals surface area contributed by atoms with Crippen molar-refractivity contribution in [2.75, 3.05) is 18.4 Å². The summed E-state index contributed by atoms with van der Waals surface area (Å²) in [6, 6.07) is 10.4. The first kappa shape index (κ1) is 21.9. The number of hydrogen-bond donors (Lipinski definition) is 3. The Bertz CT molecular complexity index is 929. The number of urea groups is 1. The van der Waals surface area contributed by atoms with Crippen LogP contribution in [0.15, 0.2) is 47.1 Å². The lowest BCUT2D eigenvalue weighted by Crippen LogP contribution is -2.51. The zero-order chi connectivity index (χ0) is 22.3. The van der Waals surface area contributed by atoms with E-state index in [2.05, 4.69) is 16.0 Å². The van der Waals surface area contributed by atoms with E-state index in [9.17, 15) is 14.4 Å². The summed E-state index contributed by atoms with van der Waals surface area (Å²) in [4.78, 5) is 39.2. The summed E-state index contributed by atoms with van der Waals surface area (Å²) in [5.41, 5.74) is 0.993. The van der Waals surface area contributed by atoms with Crippen LogP contribution in [0.2, 0.25) is 0 Å². The molecule has 2 aromatic rings. The van der Waals surface area contributed by atoms with E-state index < -0.39 is 0 Å². The van der Waals surface area contributed by atoms with Crippen LogP contribution in [0.1, 0.15) is 65.9 Å². The molecule has 1 aromatic carbocycles. The number of nitrogens with one attached hydrogen (secondary N) is 3. The first-order valence-corrected chi connectivity index (χ1v) is 11.4. The summed E-state index contributed by atoms with van der Waals surface area (Å²) in [7, 11) is 0. The largest absolute Gasteiger partial charge is 0.459 e. The summed E-state index contributed by atoms with van der Waals surface area (Å²) in [6.45, 7) is 1.26. The van der Waals surface area contributed by atoms with Gasteiger partial charge in [0.2, 0.25) is 0 Å². The van der Waals surface area contributed by atoms with Crippen LogP contribution in [0.5, 0.6) is 0 Å². The van der Waals surface area contributed by atoms with Crippen LogP contribution in [-0.4, -0.2) is 47.9 Å². The van der Waals surface area contributed by atoms with E-state index in [1.165, 1.54) is 25.5 Å². The maximum Gasteiger partial charge on any atom is 0.317 e. The number of hydrogen-bond acceptors (Lipinski definition) is 4. The summed E-state index contributed by atoms with van der Waals surface area (Å²) in [5.74, 6) is -0.352.